The lowest BCUT2D eigenvalue weighted by molar-refractivity contribution is -0.138. The highest BCUT2D eigenvalue weighted by atomic mass is 19.1. The van der Waals surface area contributed by atoms with Crippen LogP contribution in [0.25, 0.3) is 11.1 Å². The van der Waals surface area contributed by atoms with Crippen LogP contribution < -0.4 is 5.73 Å². The van der Waals surface area contributed by atoms with Gasteiger partial charge in [-0.25, -0.2) is 14.4 Å². The SMILES string of the molecule is CN1CCC(C(=O)N2CCCC(c3nc(N)ncc3-c3ccc(F)cc3)C2)CC1. The van der Waals surface area contributed by atoms with E-state index in [-0.39, 0.29) is 29.5 Å². The molecule has 4 rings (SSSR count). The van der Waals surface area contributed by atoms with Crippen molar-refractivity contribution in [1.29, 1.82) is 0 Å². The number of rotatable bonds is 3. The third kappa shape index (κ3) is 4.40. The van der Waals surface area contributed by atoms with Gasteiger partial charge in [0.2, 0.25) is 11.9 Å². The molecule has 0 spiro atoms. The molecule has 0 saturated carbocycles. The van der Waals surface area contributed by atoms with Crippen molar-refractivity contribution in [3.05, 3.63) is 42.0 Å². The zero-order valence-electron chi connectivity index (χ0n) is 16.9. The summed E-state index contributed by atoms with van der Waals surface area (Å²) in [5, 5.41) is 0. The number of nitrogens with zero attached hydrogens (tertiary/aromatic N) is 4. The van der Waals surface area contributed by atoms with Crippen LogP contribution in [0.2, 0.25) is 0 Å². The van der Waals surface area contributed by atoms with Gasteiger partial charge in [-0.15, -0.1) is 0 Å². The first kappa shape index (κ1) is 19.8. The van der Waals surface area contributed by atoms with Crippen LogP contribution in [-0.2, 0) is 4.79 Å². The number of nitrogens with two attached hydrogens (primary N) is 1. The Morgan fingerprint density at radius 3 is 2.59 bits per heavy atom. The van der Waals surface area contributed by atoms with Gasteiger partial charge < -0.3 is 15.5 Å². The molecule has 1 aromatic carbocycles. The van der Waals surface area contributed by atoms with E-state index in [9.17, 15) is 9.18 Å². The summed E-state index contributed by atoms with van der Waals surface area (Å²) < 4.78 is 13.4. The molecule has 7 heteroatoms. The van der Waals surface area contributed by atoms with Crippen molar-refractivity contribution < 1.29 is 9.18 Å². The van der Waals surface area contributed by atoms with Crippen molar-refractivity contribution in [2.45, 2.75) is 31.6 Å². The van der Waals surface area contributed by atoms with Gasteiger partial charge in [-0.1, -0.05) is 12.1 Å². The Bertz CT molecular complexity index is 864. The molecule has 1 unspecified atom stereocenters. The summed E-state index contributed by atoms with van der Waals surface area (Å²) >= 11 is 0. The van der Waals surface area contributed by atoms with Crippen molar-refractivity contribution >= 4 is 11.9 Å². The van der Waals surface area contributed by atoms with Crippen LogP contribution in [0, 0.1) is 11.7 Å². The van der Waals surface area contributed by atoms with Crippen LogP contribution in [-0.4, -0.2) is 58.9 Å². The number of aromatic nitrogens is 2. The third-order valence-electron chi connectivity index (χ3n) is 6.18. The number of halogens is 1. The number of carbonyl (C=O) groups is 1. The summed E-state index contributed by atoms with van der Waals surface area (Å²) in [4.78, 5) is 26.1. The van der Waals surface area contributed by atoms with Gasteiger partial charge in [0, 0.05) is 36.7 Å². The molecule has 2 aliphatic rings. The highest BCUT2D eigenvalue weighted by Crippen LogP contribution is 2.34. The Labute approximate surface area is 170 Å². The van der Waals surface area contributed by atoms with Gasteiger partial charge >= 0.3 is 0 Å². The second-order valence-corrected chi connectivity index (χ2v) is 8.23. The minimum atomic E-state index is -0.278. The Morgan fingerprint density at radius 1 is 1.14 bits per heavy atom. The number of hydrogen-bond donors (Lipinski definition) is 1. The largest absolute Gasteiger partial charge is 0.368 e. The molecular weight excluding hydrogens is 369 g/mol. The third-order valence-corrected chi connectivity index (χ3v) is 6.18. The molecule has 2 aromatic rings. The lowest BCUT2D eigenvalue weighted by Gasteiger charge is -2.37. The van der Waals surface area contributed by atoms with Gasteiger partial charge in [-0.3, -0.25) is 4.79 Å². The predicted molar refractivity (Wildman–Crippen MR) is 111 cm³/mol. The summed E-state index contributed by atoms with van der Waals surface area (Å²) in [6, 6.07) is 6.34. The van der Waals surface area contributed by atoms with Gasteiger partial charge in [-0.05, 0) is 63.5 Å². The zero-order chi connectivity index (χ0) is 20.4. The van der Waals surface area contributed by atoms with Crippen LogP contribution in [0.3, 0.4) is 0 Å². The molecule has 29 heavy (non-hydrogen) atoms. The molecule has 2 N–H and O–H groups in total. The molecule has 1 amide bonds. The second-order valence-electron chi connectivity index (χ2n) is 8.23. The van der Waals surface area contributed by atoms with Crippen LogP contribution >= 0.6 is 0 Å². The topological polar surface area (TPSA) is 75.4 Å². The number of carbonyl (C=O) groups excluding carboxylic acids is 1. The maximum Gasteiger partial charge on any atom is 0.225 e. The number of nitrogen functional groups attached to an aromatic ring is 1. The van der Waals surface area contributed by atoms with Crippen LogP contribution in [0.15, 0.2) is 30.5 Å². The van der Waals surface area contributed by atoms with Crippen molar-refractivity contribution in [3.63, 3.8) is 0 Å². The van der Waals surface area contributed by atoms with Gasteiger partial charge in [0.15, 0.2) is 0 Å². The smallest absolute Gasteiger partial charge is 0.225 e. The number of benzene rings is 1. The first-order valence-corrected chi connectivity index (χ1v) is 10.4. The highest BCUT2D eigenvalue weighted by Gasteiger charge is 2.32. The molecule has 6 nitrogen and oxygen atoms in total. The van der Waals surface area contributed by atoms with E-state index in [2.05, 4.69) is 21.9 Å². The van der Waals surface area contributed by atoms with E-state index in [0.717, 1.165) is 62.1 Å². The lowest BCUT2D eigenvalue weighted by atomic mass is 9.88. The average Bonchev–Trinajstić information content (AvgIpc) is 2.74. The standard InChI is InChI=1S/C22H28FN5O/c1-27-11-8-16(9-12-27)21(29)28-10-2-3-17(14-28)20-19(13-25-22(24)26-20)15-4-6-18(23)7-5-15/h4-7,13,16-17H,2-3,8-12,14H2,1H3,(H2,24,25,26). The fourth-order valence-electron chi connectivity index (χ4n) is 4.49. The van der Waals surface area contributed by atoms with Crippen molar-refractivity contribution in [2.75, 3.05) is 39.0 Å². The fraction of sp³-hybridized carbons (Fsp3) is 0.500. The summed E-state index contributed by atoms with van der Waals surface area (Å²) in [5.41, 5.74) is 8.47. The number of hydrogen-bond acceptors (Lipinski definition) is 5. The molecule has 154 valence electrons. The van der Waals surface area contributed by atoms with Gasteiger partial charge in [0.05, 0.1) is 5.69 Å². The van der Waals surface area contributed by atoms with Crippen molar-refractivity contribution in [1.82, 2.24) is 19.8 Å². The molecule has 2 aliphatic heterocycles. The molecular formula is C22H28FN5O. The Kier molecular flexibility index (Phi) is 5.76. The maximum absolute atomic E-state index is 13.4. The van der Waals surface area contributed by atoms with E-state index in [1.807, 2.05) is 4.90 Å². The normalized spacial score (nSPS) is 21.3. The van der Waals surface area contributed by atoms with E-state index in [1.54, 1.807) is 18.3 Å². The number of likely N-dealkylation sites (tertiary alicyclic amines) is 2. The van der Waals surface area contributed by atoms with Gasteiger partial charge in [-0.2, -0.15) is 0 Å². The molecule has 0 bridgehead atoms. The van der Waals surface area contributed by atoms with E-state index in [1.165, 1.54) is 12.1 Å². The molecule has 2 fully saturated rings. The molecule has 1 atom stereocenters. The average molecular weight is 397 g/mol. The van der Waals surface area contributed by atoms with E-state index in [4.69, 9.17) is 5.73 Å². The van der Waals surface area contributed by atoms with Crippen molar-refractivity contribution in [2.24, 2.45) is 5.92 Å². The first-order valence-electron chi connectivity index (χ1n) is 10.4. The number of amides is 1. The number of piperidine rings is 2. The molecule has 0 aliphatic carbocycles. The van der Waals surface area contributed by atoms with E-state index in [0.29, 0.717) is 6.54 Å². The summed E-state index contributed by atoms with van der Waals surface area (Å²) in [6.45, 7) is 3.40. The highest BCUT2D eigenvalue weighted by molar-refractivity contribution is 5.79. The predicted octanol–water partition coefficient (Wildman–Crippen LogP) is 2.91. The summed E-state index contributed by atoms with van der Waals surface area (Å²) in [7, 11) is 2.11. The quantitative estimate of drug-likeness (QED) is 0.862. The lowest BCUT2D eigenvalue weighted by Crippen LogP contribution is -2.45. The summed E-state index contributed by atoms with van der Waals surface area (Å²) in [6.07, 6.45) is 5.45. The van der Waals surface area contributed by atoms with Crippen LogP contribution in [0.4, 0.5) is 10.3 Å². The number of anilines is 1. The summed E-state index contributed by atoms with van der Waals surface area (Å²) in [5.74, 6) is 0.443. The van der Waals surface area contributed by atoms with Crippen molar-refractivity contribution in [3.8, 4) is 11.1 Å². The van der Waals surface area contributed by atoms with Gasteiger partial charge in [0.1, 0.15) is 5.82 Å². The second kappa shape index (κ2) is 8.45. The van der Waals surface area contributed by atoms with E-state index >= 15 is 0 Å². The Balaban J connectivity index is 1.56. The van der Waals surface area contributed by atoms with E-state index < -0.39 is 0 Å². The minimum absolute atomic E-state index is 0.101. The molecule has 1 aromatic heterocycles. The monoisotopic (exact) mass is 397 g/mol. The fourth-order valence-corrected chi connectivity index (χ4v) is 4.49. The Hall–Kier alpha value is -2.54. The minimum Gasteiger partial charge on any atom is -0.368 e. The van der Waals surface area contributed by atoms with Crippen LogP contribution in [0.1, 0.15) is 37.3 Å². The molecule has 0 radical (unpaired) electrons. The molecule has 2 saturated heterocycles. The van der Waals surface area contributed by atoms with Gasteiger partial charge in [0.25, 0.3) is 0 Å². The van der Waals surface area contributed by atoms with Crippen LogP contribution in [0.5, 0.6) is 0 Å². The zero-order valence-corrected chi connectivity index (χ0v) is 16.9. The first-order chi connectivity index (χ1) is 14.0. The Morgan fingerprint density at radius 2 is 1.86 bits per heavy atom. The molecule has 3 heterocycles. The maximum atomic E-state index is 13.4.